The summed E-state index contributed by atoms with van der Waals surface area (Å²) in [7, 11) is 0. The van der Waals surface area contributed by atoms with Gasteiger partial charge in [0.2, 0.25) is 5.89 Å². The number of hydrogen-bond acceptors (Lipinski definition) is 5. The van der Waals surface area contributed by atoms with Crippen molar-refractivity contribution in [3.63, 3.8) is 0 Å². The Morgan fingerprint density at radius 3 is 2.84 bits per heavy atom. The third-order valence-corrected chi connectivity index (χ3v) is 4.61. The Morgan fingerprint density at radius 2 is 2.12 bits per heavy atom. The standard InChI is InChI=1S/C18H20N4O3/c1-11-19-18(25-22-11)16(12-6-8-24-9-7-12)21-17(23)15-10-13-4-2-3-5-14(13)20-15/h2-5,10,12,16,20H,6-9H2,1H3,(H,21,23)/t16-/m1/s1. The summed E-state index contributed by atoms with van der Waals surface area (Å²) in [5.41, 5.74) is 1.46. The van der Waals surface area contributed by atoms with E-state index < -0.39 is 0 Å². The number of carbonyl (C=O) groups excluding carboxylic acids is 1. The largest absolute Gasteiger partial charge is 0.381 e. The number of amides is 1. The number of para-hydroxylation sites is 1. The first-order valence-corrected chi connectivity index (χ1v) is 8.47. The van der Waals surface area contributed by atoms with Gasteiger partial charge in [-0.15, -0.1) is 0 Å². The van der Waals surface area contributed by atoms with Gasteiger partial charge in [0.05, 0.1) is 0 Å². The zero-order valence-corrected chi connectivity index (χ0v) is 14.0. The van der Waals surface area contributed by atoms with E-state index in [4.69, 9.17) is 9.26 Å². The van der Waals surface area contributed by atoms with E-state index in [-0.39, 0.29) is 17.9 Å². The number of aryl methyl sites for hydroxylation is 1. The molecule has 1 fully saturated rings. The molecule has 1 aliphatic rings. The molecular formula is C18H20N4O3. The third kappa shape index (κ3) is 3.28. The molecule has 7 nitrogen and oxygen atoms in total. The molecule has 0 spiro atoms. The minimum atomic E-state index is -0.316. The van der Waals surface area contributed by atoms with Crippen LogP contribution in [0.25, 0.3) is 10.9 Å². The molecule has 2 N–H and O–H groups in total. The van der Waals surface area contributed by atoms with Crippen molar-refractivity contribution in [3.8, 4) is 0 Å². The summed E-state index contributed by atoms with van der Waals surface area (Å²) in [6, 6.07) is 9.34. The number of nitrogens with zero attached hydrogens (tertiary/aromatic N) is 2. The van der Waals surface area contributed by atoms with Crippen LogP contribution in [-0.4, -0.2) is 34.2 Å². The van der Waals surface area contributed by atoms with Crippen LogP contribution < -0.4 is 5.32 Å². The minimum Gasteiger partial charge on any atom is -0.381 e. The van der Waals surface area contributed by atoms with Crippen LogP contribution in [0.15, 0.2) is 34.9 Å². The van der Waals surface area contributed by atoms with Gasteiger partial charge >= 0.3 is 0 Å². The van der Waals surface area contributed by atoms with Gasteiger partial charge in [-0.1, -0.05) is 23.4 Å². The summed E-state index contributed by atoms with van der Waals surface area (Å²) in [6.45, 7) is 3.13. The molecule has 1 aromatic carbocycles. The first-order chi connectivity index (χ1) is 12.2. The third-order valence-electron chi connectivity index (χ3n) is 4.61. The summed E-state index contributed by atoms with van der Waals surface area (Å²) < 4.78 is 10.8. The number of hydrogen-bond donors (Lipinski definition) is 2. The Bertz CT molecular complexity index is 846. The van der Waals surface area contributed by atoms with Crippen LogP contribution in [0.5, 0.6) is 0 Å². The predicted molar refractivity (Wildman–Crippen MR) is 91.1 cm³/mol. The van der Waals surface area contributed by atoms with Crippen molar-refractivity contribution in [1.29, 1.82) is 0 Å². The van der Waals surface area contributed by atoms with Crippen molar-refractivity contribution >= 4 is 16.8 Å². The van der Waals surface area contributed by atoms with Crippen LogP contribution in [0.1, 0.15) is 41.1 Å². The molecule has 1 atom stereocenters. The summed E-state index contributed by atoms with van der Waals surface area (Å²) in [5, 5.41) is 7.95. The fourth-order valence-electron chi connectivity index (χ4n) is 3.28. The molecule has 7 heteroatoms. The van der Waals surface area contributed by atoms with Crippen LogP contribution in [-0.2, 0) is 4.74 Å². The summed E-state index contributed by atoms with van der Waals surface area (Å²) >= 11 is 0. The zero-order valence-electron chi connectivity index (χ0n) is 14.0. The molecule has 130 valence electrons. The molecule has 1 aliphatic heterocycles. The lowest BCUT2D eigenvalue weighted by atomic mass is 9.91. The fraction of sp³-hybridized carbons (Fsp3) is 0.389. The minimum absolute atomic E-state index is 0.177. The maximum atomic E-state index is 12.8. The molecule has 0 aliphatic carbocycles. The van der Waals surface area contributed by atoms with Gasteiger partial charge in [-0.25, -0.2) is 0 Å². The quantitative estimate of drug-likeness (QED) is 0.762. The van der Waals surface area contributed by atoms with Gasteiger partial charge in [-0.05, 0) is 37.8 Å². The number of carbonyl (C=O) groups is 1. The van der Waals surface area contributed by atoms with Gasteiger partial charge in [0.25, 0.3) is 5.91 Å². The van der Waals surface area contributed by atoms with Crippen molar-refractivity contribution in [2.24, 2.45) is 5.92 Å². The number of nitrogens with one attached hydrogen (secondary N) is 2. The second-order valence-electron chi connectivity index (χ2n) is 6.35. The fourth-order valence-corrected chi connectivity index (χ4v) is 3.28. The van der Waals surface area contributed by atoms with Gasteiger partial charge in [0, 0.05) is 24.1 Å². The Balaban J connectivity index is 1.59. The summed E-state index contributed by atoms with van der Waals surface area (Å²) in [4.78, 5) is 20.3. The van der Waals surface area contributed by atoms with Crippen LogP contribution in [0.2, 0.25) is 0 Å². The monoisotopic (exact) mass is 340 g/mol. The highest BCUT2D eigenvalue weighted by molar-refractivity contribution is 5.98. The number of rotatable bonds is 4. The van der Waals surface area contributed by atoms with Gasteiger partial charge in [-0.3, -0.25) is 4.79 Å². The van der Waals surface area contributed by atoms with Crippen LogP contribution in [0, 0.1) is 12.8 Å². The number of aromatic amines is 1. The van der Waals surface area contributed by atoms with E-state index in [0.29, 0.717) is 30.6 Å². The highest BCUT2D eigenvalue weighted by Gasteiger charge is 2.31. The lowest BCUT2D eigenvalue weighted by molar-refractivity contribution is 0.0467. The SMILES string of the molecule is Cc1noc([C@H](NC(=O)c2cc3ccccc3[nH]2)C2CCOCC2)n1. The number of ether oxygens (including phenoxy) is 1. The molecule has 0 bridgehead atoms. The van der Waals surface area contributed by atoms with Crippen molar-refractivity contribution < 1.29 is 14.1 Å². The molecule has 1 amide bonds. The molecular weight excluding hydrogens is 320 g/mol. The normalized spacial score (nSPS) is 16.8. The highest BCUT2D eigenvalue weighted by Crippen LogP contribution is 2.29. The zero-order chi connectivity index (χ0) is 17.2. The maximum absolute atomic E-state index is 12.8. The number of benzene rings is 1. The van der Waals surface area contributed by atoms with Crippen molar-refractivity contribution in [2.75, 3.05) is 13.2 Å². The van der Waals surface area contributed by atoms with Crippen LogP contribution >= 0.6 is 0 Å². The van der Waals surface area contributed by atoms with E-state index in [1.807, 2.05) is 30.3 Å². The molecule has 2 aromatic heterocycles. The summed E-state index contributed by atoms with van der Waals surface area (Å²) in [5.74, 6) is 1.05. The summed E-state index contributed by atoms with van der Waals surface area (Å²) in [6.07, 6.45) is 1.69. The van der Waals surface area contributed by atoms with E-state index in [0.717, 1.165) is 23.7 Å². The molecule has 4 rings (SSSR count). The van der Waals surface area contributed by atoms with Crippen LogP contribution in [0.3, 0.4) is 0 Å². The van der Waals surface area contributed by atoms with Gasteiger partial charge in [0.1, 0.15) is 11.7 Å². The Kier molecular flexibility index (Phi) is 4.23. The van der Waals surface area contributed by atoms with E-state index in [2.05, 4.69) is 20.4 Å². The van der Waals surface area contributed by atoms with Crippen molar-refractivity contribution in [1.82, 2.24) is 20.4 Å². The second kappa shape index (κ2) is 6.68. The lowest BCUT2D eigenvalue weighted by Crippen LogP contribution is -2.36. The van der Waals surface area contributed by atoms with Crippen molar-refractivity contribution in [3.05, 3.63) is 47.7 Å². The van der Waals surface area contributed by atoms with Gasteiger partial charge in [0.15, 0.2) is 5.82 Å². The van der Waals surface area contributed by atoms with Crippen molar-refractivity contribution in [2.45, 2.75) is 25.8 Å². The van der Waals surface area contributed by atoms with Crippen LogP contribution in [0.4, 0.5) is 0 Å². The van der Waals surface area contributed by atoms with E-state index in [1.54, 1.807) is 6.92 Å². The van der Waals surface area contributed by atoms with E-state index in [9.17, 15) is 4.79 Å². The first kappa shape index (κ1) is 15.8. The molecule has 3 heterocycles. The van der Waals surface area contributed by atoms with Gasteiger partial charge < -0.3 is 19.6 Å². The molecule has 0 radical (unpaired) electrons. The van der Waals surface area contributed by atoms with E-state index >= 15 is 0 Å². The predicted octanol–water partition coefficient (Wildman–Crippen LogP) is 2.76. The Labute approximate surface area is 144 Å². The Morgan fingerprint density at radius 1 is 1.32 bits per heavy atom. The number of aromatic nitrogens is 3. The molecule has 0 unspecified atom stereocenters. The number of fused-ring (bicyclic) bond motifs is 1. The smallest absolute Gasteiger partial charge is 0.268 e. The Hall–Kier alpha value is -2.67. The van der Waals surface area contributed by atoms with Gasteiger partial charge in [-0.2, -0.15) is 4.98 Å². The lowest BCUT2D eigenvalue weighted by Gasteiger charge is -2.28. The average Bonchev–Trinajstić information content (AvgIpc) is 3.26. The molecule has 3 aromatic rings. The maximum Gasteiger partial charge on any atom is 0.268 e. The molecule has 25 heavy (non-hydrogen) atoms. The first-order valence-electron chi connectivity index (χ1n) is 8.47. The highest BCUT2D eigenvalue weighted by atomic mass is 16.5. The topological polar surface area (TPSA) is 93.0 Å². The average molecular weight is 340 g/mol. The van der Waals surface area contributed by atoms with E-state index in [1.165, 1.54) is 0 Å². The molecule has 1 saturated heterocycles. The molecule has 0 saturated carbocycles. The number of H-pyrrole nitrogens is 1. The second-order valence-corrected chi connectivity index (χ2v) is 6.35.